The Morgan fingerprint density at radius 2 is 2.19 bits per heavy atom. The molecule has 1 rings (SSSR count). The van der Waals surface area contributed by atoms with Crippen LogP contribution in [0.5, 0.6) is 0 Å². The molecule has 5 nitrogen and oxygen atoms in total. The number of likely N-dealkylation sites (N-methyl/N-ethyl adjacent to an activating group) is 1. The van der Waals surface area contributed by atoms with Gasteiger partial charge in [0.15, 0.2) is 0 Å². The van der Waals surface area contributed by atoms with Gasteiger partial charge in [-0.2, -0.15) is 0 Å². The van der Waals surface area contributed by atoms with Crippen LogP contribution in [0.25, 0.3) is 0 Å². The van der Waals surface area contributed by atoms with Crippen molar-refractivity contribution in [2.24, 2.45) is 0 Å². The third-order valence-electron chi connectivity index (χ3n) is 2.46. The topological polar surface area (TPSA) is 61.0 Å². The second-order valence-electron chi connectivity index (χ2n) is 3.66. The maximum absolute atomic E-state index is 11.6. The van der Waals surface area contributed by atoms with E-state index in [0.717, 1.165) is 24.6 Å². The zero-order valence-corrected chi connectivity index (χ0v) is 10.2. The van der Waals surface area contributed by atoms with Gasteiger partial charge in [0.1, 0.15) is 5.82 Å². The van der Waals surface area contributed by atoms with Gasteiger partial charge in [0.05, 0.1) is 6.54 Å². The molecular formula is C11H20N4O. The lowest BCUT2D eigenvalue weighted by atomic mass is 10.4. The first-order valence-electron chi connectivity index (χ1n) is 5.66. The van der Waals surface area contributed by atoms with E-state index in [1.807, 2.05) is 25.7 Å². The molecule has 1 amide bonds. The quantitative estimate of drug-likeness (QED) is 0.747. The molecular weight excluding hydrogens is 204 g/mol. The van der Waals surface area contributed by atoms with Crippen LogP contribution in [-0.4, -0.2) is 40.4 Å². The third-order valence-corrected chi connectivity index (χ3v) is 2.46. The van der Waals surface area contributed by atoms with Gasteiger partial charge in [-0.15, -0.1) is 0 Å². The largest absolute Gasteiger partial charge is 0.345 e. The molecule has 0 aliphatic rings. The summed E-state index contributed by atoms with van der Waals surface area (Å²) >= 11 is 0. The third kappa shape index (κ3) is 3.66. The van der Waals surface area contributed by atoms with E-state index in [4.69, 9.17) is 0 Å². The van der Waals surface area contributed by atoms with E-state index in [1.165, 1.54) is 0 Å². The van der Waals surface area contributed by atoms with E-state index in [0.29, 0.717) is 13.1 Å². The Hall–Kier alpha value is -1.36. The normalized spacial score (nSPS) is 10.4. The van der Waals surface area contributed by atoms with Crippen LogP contribution < -0.4 is 5.32 Å². The number of hydrogen-bond donors (Lipinski definition) is 2. The van der Waals surface area contributed by atoms with E-state index >= 15 is 0 Å². The fourth-order valence-corrected chi connectivity index (χ4v) is 1.55. The van der Waals surface area contributed by atoms with Crippen LogP contribution in [0.1, 0.15) is 25.4 Å². The van der Waals surface area contributed by atoms with Crippen molar-refractivity contribution in [1.29, 1.82) is 0 Å². The molecule has 0 aliphatic heterocycles. The number of carbonyl (C=O) groups excluding carboxylic acids is 1. The highest BCUT2D eigenvalue weighted by Crippen LogP contribution is 1.94. The van der Waals surface area contributed by atoms with Crippen molar-refractivity contribution < 1.29 is 4.79 Å². The Morgan fingerprint density at radius 3 is 2.69 bits per heavy atom. The van der Waals surface area contributed by atoms with Gasteiger partial charge in [-0.05, 0) is 20.8 Å². The molecule has 0 spiro atoms. The molecule has 0 unspecified atom stereocenters. The van der Waals surface area contributed by atoms with Crippen LogP contribution in [0.4, 0.5) is 0 Å². The number of H-pyrrole nitrogens is 1. The molecule has 2 N–H and O–H groups in total. The molecule has 90 valence electrons. The summed E-state index contributed by atoms with van der Waals surface area (Å²) in [6.45, 7) is 8.43. The Kier molecular flexibility index (Phi) is 4.98. The van der Waals surface area contributed by atoms with E-state index in [-0.39, 0.29) is 5.91 Å². The van der Waals surface area contributed by atoms with Crippen molar-refractivity contribution in [3.63, 3.8) is 0 Å². The summed E-state index contributed by atoms with van der Waals surface area (Å²) in [4.78, 5) is 20.6. The van der Waals surface area contributed by atoms with E-state index in [9.17, 15) is 4.79 Å². The highest BCUT2D eigenvalue weighted by atomic mass is 16.2. The molecule has 0 fully saturated rings. The summed E-state index contributed by atoms with van der Waals surface area (Å²) in [6.07, 6.45) is 1.78. The van der Waals surface area contributed by atoms with Gasteiger partial charge in [-0.25, -0.2) is 4.98 Å². The average molecular weight is 224 g/mol. The van der Waals surface area contributed by atoms with Crippen molar-refractivity contribution in [1.82, 2.24) is 20.2 Å². The van der Waals surface area contributed by atoms with Gasteiger partial charge < -0.3 is 15.2 Å². The van der Waals surface area contributed by atoms with Crippen LogP contribution >= 0.6 is 0 Å². The zero-order valence-electron chi connectivity index (χ0n) is 10.2. The lowest BCUT2D eigenvalue weighted by Gasteiger charge is -2.18. The maximum Gasteiger partial charge on any atom is 0.236 e. The minimum absolute atomic E-state index is 0.140. The second kappa shape index (κ2) is 6.27. The summed E-state index contributed by atoms with van der Waals surface area (Å²) in [5, 5.41) is 3.10. The molecule has 0 aliphatic carbocycles. The number of aromatic amines is 1. The first-order valence-corrected chi connectivity index (χ1v) is 5.66. The van der Waals surface area contributed by atoms with Crippen LogP contribution in [0.2, 0.25) is 0 Å². The number of aromatic nitrogens is 2. The molecule has 0 bridgehead atoms. The molecule has 1 aromatic rings. The Bertz CT molecular complexity index is 330. The molecule has 16 heavy (non-hydrogen) atoms. The van der Waals surface area contributed by atoms with Gasteiger partial charge in [0.25, 0.3) is 0 Å². The second-order valence-corrected chi connectivity index (χ2v) is 3.66. The number of imidazole rings is 1. The first-order chi connectivity index (χ1) is 7.67. The number of rotatable bonds is 6. The summed E-state index contributed by atoms with van der Waals surface area (Å²) in [6, 6.07) is 0. The minimum Gasteiger partial charge on any atom is -0.345 e. The predicted molar refractivity (Wildman–Crippen MR) is 63.0 cm³/mol. The number of carbonyl (C=O) groups is 1. The molecule has 0 radical (unpaired) electrons. The number of nitrogens with zero attached hydrogens (tertiary/aromatic N) is 2. The highest BCUT2D eigenvalue weighted by molar-refractivity contribution is 5.78. The van der Waals surface area contributed by atoms with Gasteiger partial charge in [-0.3, -0.25) is 4.79 Å². The highest BCUT2D eigenvalue weighted by Gasteiger charge is 2.08. The lowest BCUT2D eigenvalue weighted by molar-refractivity contribution is -0.129. The van der Waals surface area contributed by atoms with Gasteiger partial charge in [-0.1, -0.05) is 0 Å². The number of nitrogens with one attached hydrogen (secondary N) is 2. The lowest BCUT2D eigenvalue weighted by Crippen LogP contribution is -2.37. The van der Waals surface area contributed by atoms with Crippen LogP contribution in [-0.2, 0) is 11.3 Å². The Morgan fingerprint density at radius 1 is 1.50 bits per heavy atom. The summed E-state index contributed by atoms with van der Waals surface area (Å²) in [5.74, 6) is 1.04. The van der Waals surface area contributed by atoms with Crippen LogP contribution in [0.3, 0.4) is 0 Å². The van der Waals surface area contributed by atoms with Crippen LogP contribution in [0.15, 0.2) is 6.20 Å². The van der Waals surface area contributed by atoms with Crippen molar-refractivity contribution in [3.05, 3.63) is 17.7 Å². The Labute approximate surface area is 96.3 Å². The van der Waals surface area contributed by atoms with E-state index in [1.54, 1.807) is 6.20 Å². The maximum atomic E-state index is 11.6. The number of hydrogen-bond acceptors (Lipinski definition) is 3. The summed E-state index contributed by atoms with van der Waals surface area (Å²) in [7, 11) is 0. The van der Waals surface area contributed by atoms with Gasteiger partial charge in [0.2, 0.25) is 5.91 Å². The smallest absolute Gasteiger partial charge is 0.236 e. The van der Waals surface area contributed by atoms with E-state index in [2.05, 4.69) is 15.3 Å². The van der Waals surface area contributed by atoms with Crippen molar-refractivity contribution in [3.8, 4) is 0 Å². The first kappa shape index (κ1) is 12.7. The summed E-state index contributed by atoms with van der Waals surface area (Å²) in [5.41, 5.74) is 1.00. The van der Waals surface area contributed by atoms with Gasteiger partial charge in [0, 0.05) is 31.5 Å². The molecule has 0 aromatic carbocycles. The minimum atomic E-state index is 0.140. The van der Waals surface area contributed by atoms with Crippen molar-refractivity contribution in [2.45, 2.75) is 27.3 Å². The van der Waals surface area contributed by atoms with Crippen LogP contribution in [0, 0.1) is 6.92 Å². The SMILES string of the molecule is CCN(CC)C(=O)CNCc1cnc(C)[nH]1. The molecule has 1 heterocycles. The summed E-state index contributed by atoms with van der Waals surface area (Å²) < 4.78 is 0. The molecule has 5 heteroatoms. The standard InChI is InChI=1S/C11H20N4O/c1-4-15(5-2)11(16)8-12-6-10-7-13-9(3)14-10/h7,12H,4-6,8H2,1-3H3,(H,13,14). The van der Waals surface area contributed by atoms with Crippen molar-refractivity contribution in [2.75, 3.05) is 19.6 Å². The molecule has 1 aromatic heterocycles. The average Bonchev–Trinajstić information content (AvgIpc) is 2.66. The monoisotopic (exact) mass is 224 g/mol. The number of amides is 1. The number of aryl methyl sites for hydroxylation is 1. The fraction of sp³-hybridized carbons (Fsp3) is 0.636. The van der Waals surface area contributed by atoms with Gasteiger partial charge >= 0.3 is 0 Å². The Balaban J connectivity index is 2.27. The zero-order chi connectivity index (χ0) is 12.0. The molecule has 0 saturated carbocycles. The predicted octanol–water partition coefficient (Wildman–Crippen LogP) is 0.676. The van der Waals surface area contributed by atoms with E-state index < -0.39 is 0 Å². The molecule has 0 atom stereocenters. The van der Waals surface area contributed by atoms with Crippen molar-refractivity contribution >= 4 is 5.91 Å². The fourth-order valence-electron chi connectivity index (χ4n) is 1.55. The molecule has 0 saturated heterocycles.